The number of aliphatic carboxylic acids is 1. The lowest BCUT2D eigenvalue weighted by atomic mass is 9.95. The molecule has 1 heterocycles. The second-order valence-electron chi connectivity index (χ2n) is 2.87. The molecule has 0 aromatic heterocycles. The van der Waals surface area contributed by atoms with Crippen LogP contribution in [0.3, 0.4) is 0 Å². The maximum absolute atomic E-state index is 11.0. The van der Waals surface area contributed by atoms with Crippen LogP contribution in [-0.2, 0) is 14.3 Å². The topological polar surface area (TPSA) is 89.6 Å². The van der Waals surface area contributed by atoms with E-state index in [0.29, 0.717) is 12.8 Å². The molecule has 0 spiro atoms. The second-order valence-corrected chi connectivity index (χ2v) is 2.87. The zero-order valence-corrected chi connectivity index (χ0v) is 6.58. The first-order chi connectivity index (χ1) is 5.57. The van der Waals surface area contributed by atoms with E-state index < -0.39 is 17.5 Å². The van der Waals surface area contributed by atoms with Gasteiger partial charge in [-0.3, -0.25) is 0 Å². The number of carbonyl (C=O) groups excluding carboxylic acids is 1. The Morgan fingerprint density at radius 2 is 2.25 bits per heavy atom. The van der Waals surface area contributed by atoms with E-state index in [2.05, 4.69) is 4.74 Å². The van der Waals surface area contributed by atoms with Gasteiger partial charge < -0.3 is 15.6 Å². The summed E-state index contributed by atoms with van der Waals surface area (Å²) >= 11 is 0. The minimum atomic E-state index is -1.82. The summed E-state index contributed by atoms with van der Waals surface area (Å²) in [6.45, 7) is 0.269. The summed E-state index contributed by atoms with van der Waals surface area (Å²) < 4.78 is 4.64. The van der Waals surface area contributed by atoms with Crippen LogP contribution in [0.25, 0.3) is 0 Å². The molecule has 1 atom stereocenters. The third-order valence-electron chi connectivity index (χ3n) is 1.94. The average Bonchev–Trinajstić information content (AvgIpc) is 2.16. The Balaban J connectivity index is 2.83. The predicted octanol–water partition coefficient (Wildman–Crippen LogP) is -0.504. The van der Waals surface area contributed by atoms with E-state index in [9.17, 15) is 9.59 Å². The summed E-state index contributed by atoms with van der Waals surface area (Å²) in [5.41, 5.74) is 3.55. The van der Waals surface area contributed by atoms with Crippen LogP contribution in [0.4, 0.5) is 0 Å². The number of esters is 1. The summed E-state index contributed by atoms with van der Waals surface area (Å²) in [5.74, 6) is -2.14. The van der Waals surface area contributed by atoms with Crippen LogP contribution in [-0.4, -0.2) is 29.2 Å². The molecule has 5 heteroatoms. The lowest BCUT2D eigenvalue weighted by molar-refractivity contribution is -0.159. The van der Waals surface area contributed by atoms with Crippen LogP contribution in [0, 0.1) is 0 Å². The molecule has 68 valence electrons. The molecule has 1 rings (SSSR count). The van der Waals surface area contributed by atoms with E-state index in [1.54, 1.807) is 0 Å². The Morgan fingerprint density at radius 3 is 2.83 bits per heavy atom. The molecule has 1 aliphatic heterocycles. The van der Waals surface area contributed by atoms with Crippen LogP contribution in [0.15, 0.2) is 0 Å². The van der Waals surface area contributed by atoms with Gasteiger partial charge in [0.1, 0.15) is 0 Å². The van der Waals surface area contributed by atoms with Gasteiger partial charge in [0.15, 0.2) is 0 Å². The summed E-state index contributed by atoms with van der Waals surface area (Å²) in [6.07, 6.45) is 1.44. The van der Waals surface area contributed by atoms with Crippen molar-refractivity contribution in [1.29, 1.82) is 0 Å². The predicted molar refractivity (Wildman–Crippen MR) is 39.4 cm³/mol. The van der Waals surface area contributed by atoms with Gasteiger partial charge in [0, 0.05) is 0 Å². The average molecular weight is 173 g/mol. The normalized spacial score (nSPS) is 30.6. The van der Waals surface area contributed by atoms with E-state index in [1.807, 2.05) is 0 Å². The lowest BCUT2D eigenvalue weighted by Gasteiger charge is -2.18. The van der Waals surface area contributed by atoms with Crippen molar-refractivity contribution in [2.24, 2.45) is 5.73 Å². The van der Waals surface area contributed by atoms with Crippen LogP contribution >= 0.6 is 0 Å². The van der Waals surface area contributed by atoms with Crippen LogP contribution in [0.2, 0.25) is 0 Å². The Bertz CT molecular complexity index is 215. The number of carbonyl (C=O) groups is 2. The number of carboxylic acid groups (broad SMARTS) is 1. The highest BCUT2D eigenvalue weighted by atomic mass is 16.5. The summed E-state index contributed by atoms with van der Waals surface area (Å²) in [6, 6.07) is 0. The number of nitrogens with two attached hydrogens (primary N) is 1. The van der Waals surface area contributed by atoms with E-state index in [1.165, 1.54) is 0 Å². The van der Waals surface area contributed by atoms with Gasteiger partial charge in [-0.15, -0.1) is 0 Å². The van der Waals surface area contributed by atoms with Crippen molar-refractivity contribution in [3.05, 3.63) is 0 Å². The molecule has 0 aliphatic carbocycles. The van der Waals surface area contributed by atoms with Crippen LogP contribution < -0.4 is 5.73 Å². The van der Waals surface area contributed by atoms with Gasteiger partial charge in [-0.05, 0) is 19.3 Å². The first-order valence-corrected chi connectivity index (χ1v) is 3.77. The second kappa shape index (κ2) is 3.10. The molecule has 0 amide bonds. The third-order valence-corrected chi connectivity index (χ3v) is 1.94. The molecule has 0 radical (unpaired) electrons. The summed E-state index contributed by atoms with van der Waals surface area (Å²) in [4.78, 5) is 21.7. The van der Waals surface area contributed by atoms with E-state index in [4.69, 9.17) is 10.8 Å². The van der Waals surface area contributed by atoms with Crippen molar-refractivity contribution in [3.63, 3.8) is 0 Å². The maximum atomic E-state index is 11.0. The number of ether oxygens (including phenoxy) is 1. The number of cyclic esters (lactones) is 1. The number of hydrogen-bond acceptors (Lipinski definition) is 4. The Morgan fingerprint density at radius 1 is 1.58 bits per heavy atom. The first kappa shape index (κ1) is 8.99. The SMILES string of the molecule is NC1(C(=O)O)CCCCOC1=O. The fourth-order valence-electron chi connectivity index (χ4n) is 1.10. The molecule has 3 N–H and O–H groups in total. The Labute approximate surface area is 69.5 Å². The van der Waals surface area contributed by atoms with Crippen LogP contribution in [0.5, 0.6) is 0 Å². The molecule has 12 heavy (non-hydrogen) atoms. The first-order valence-electron chi connectivity index (χ1n) is 3.77. The zero-order chi connectivity index (χ0) is 9.19. The van der Waals surface area contributed by atoms with Crippen molar-refractivity contribution in [2.75, 3.05) is 6.61 Å². The highest BCUT2D eigenvalue weighted by molar-refractivity contribution is 6.03. The summed E-state index contributed by atoms with van der Waals surface area (Å²) in [5, 5.41) is 8.67. The zero-order valence-electron chi connectivity index (χ0n) is 6.58. The molecule has 5 nitrogen and oxygen atoms in total. The highest BCUT2D eigenvalue weighted by Crippen LogP contribution is 2.17. The molecule has 0 aromatic rings. The molecule has 1 aliphatic rings. The van der Waals surface area contributed by atoms with Crippen LogP contribution in [0.1, 0.15) is 19.3 Å². The minimum Gasteiger partial charge on any atom is -0.479 e. The Kier molecular flexibility index (Phi) is 2.32. The fraction of sp³-hybridized carbons (Fsp3) is 0.714. The number of hydrogen-bond donors (Lipinski definition) is 2. The molecule has 0 aromatic carbocycles. The molecule has 0 saturated carbocycles. The van der Waals surface area contributed by atoms with Gasteiger partial charge in [0.2, 0.25) is 5.54 Å². The fourth-order valence-corrected chi connectivity index (χ4v) is 1.10. The molecule has 1 saturated heterocycles. The molecule has 1 fully saturated rings. The smallest absolute Gasteiger partial charge is 0.337 e. The van der Waals surface area contributed by atoms with Gasteiger partial charge in [-0.25, -0.2) is 9.59 Å². The third kappa shape index (κ3) is 1.40. The monoisotopic (exact) mass is 173 g/mol. The van der Waals surface area contributed by atoms with Crippen molar-refractivity contribution in [1.82, 2.24) is 0 Å². The molecule has 1 unspecified atom stereocenters. The standard InChI is InChI=1S/C7H11NO4/c8-7(5(9)10)3-1-2-4-12-6(7)11/h1-4,8H2,(H,9,10). The van der Waals surface area contributed by atoms with Gasteiger partial charge in [0.25, 0.3) is 0 Å². The highest BCUT2D eigenvalue weighted by Gasteiger charge is 2.44. The van der Waals surface area contributed by atoms with Crippen molar-refractivity contribution in [3.8, 4) is 0 Å². The van der Waals surface area contributed by atoms with E-state index in [0.717, 1.165) is 0 Å². The van der Waals surface area contributed by atoms with Crippen molar-refractivity contribution in [2.45, 2.75) is 24.8 Å². The summed E-state index contributed by atoms with van der Waals surface area (Å²) in [7, 11) is 0. The lowest BCUT2D eigenvalue weighted by Crippen LogP contribution is -2.55. The number of carboxylic acids is 1. The van der Waals surface area contributed by atoms with Crippen molar-refractivity contribution >= 4 is 11.9 Å². The van der Waals surface area contributed by atoms with Gasteiger partial charge in [-0.2, -0.15) is 0 Å². The quantitative estimate of drug-likeness (QED) is 0.412. The van der Waals surface area contributed by atoms with Gasteiger partial charge in [0.05, 0.1) is 6.61 Å². The van der Waals surface area contributed by atoms with Gasteiger partial charge >= 0.3 is 11.9 Å². The van der Waals surface area contributed by atoms with E-state index >= 15 is 0 Å². The number of rotatable bonds is 1. The molecular formula is C7H11NO4. The largest absolute Gasteiger partial charge is 0.479 e. The molecular weight excluding hydrogens is 162 g/mol. The van der Waals surface area contributed by atoms with Crippen molar-refractivity contribution < 1.29 is 19.4 Å². The maximum Gasteiger partial charge on any atom is 0.337 e. The van der Waals surface area contributed by atoms with Gasteiger partial charge in [-0.1, -0.05) is 0 Å². The Hall–Kier alpha value is -1.10. The van der Waals surface area contributed by atoms with E-state index in [-0.39, 0.29) is 13.0 Å². The minimum absolute atomic E-state index is 0.154. The molecule has 0 bridgehead atoms.